The van der Waals surface area contributed by atoms with Gasteiger partial charge in [0.2, 0.25) is 5.91 Å². The Morgan fingerprint density at radius 1 is 1.07 bits per heavy atom. The molecule has 0 spiro atoms. The zero-order valence-electron chi connectivity index (χ0n) is 17.7. The van der Waals surface area contributed by atoms with Crippen molar-refractivity contribution in [3.63, 3.8) is 0 Å². The Morgan fingerprint density at radius 2 is 1.72 bits per heavy atom. The van der Waals surface area contributed by atoms with Crippen molar-refractivity contribution in [2.75, 3.05) is 6.61 Å². The molecule has 0 aliphatic heterocycles. The molecule has 1 N–H and O–H groups in total. The molecule has 0 aromatic heterocycles. The Bertz CT molecular complexity index is 850. The van der Waals surface area contributed by atoms with Gasteiger partial charge in [-0.3, -0.25) is 9.59 Å². The number of hydrogen-bond donors (Lipinski definition) is 1. The molecule has 156 valence electrons. The molecule has 0 fully saturated rings. The van der Waals surface area contributed by atoms with Gasteiger partial charge in [0.25, 0.3) is 5.91 Å². The van der Waals surface area contributed by atoms with Gasteiger partial charge in [0.1, 0.15) is 11.8 Å². The molecule has 2 rings (SSSR count). The van der Waals surface area contributed by atoms with Crippen LogP contribution in [-0.2, 0) is 16.1 Å². The van der Waals surface area contributed by atoms with Gasteiger partial charge in [-0.25, -0.2) is 0 Å². The lowest BCUT2D eigenvalue weighted by molar-refractivity contribution is -0.142. The molecule has 2 amide bonds. The van der Waals surface area contributed by atoms with Crippen molar-refractivity contribution in [2.45, 2.75) is 53.2 Å². The molecule has 0 unspecified atom stereocenters. The van der Waals surface area contributed by atoms with E-state index in [1.807, 2.05) is 70.2 Å². The number of hydrogen-bond acceptors (Lipinski definition) is 3. The van der Waals surface area contributed by atoms with Crippen LogP contribution in [0.15, 0.2) is 46.9 Å². The van der Waals surface area contributed by atoms with Gasteiger partial charge in [-0.15, -0.1) is 0 Å². The number of benzene rings is 2. The first-order valence-corrected chi connectivity index (χ1v) is 10.5. The summed E-state index contributed by atoms with van der Waals surface area (Å²) in [6, 6.07) is 13.0. The molecule has 0 heterocycles. The minimum Gasteiger partial charge on any atom is -0.483 e. The van der Waals surface area contributed by atoms with Crippen LogP contribution in [0.25, 0.3) is 0 Å². The first-order valence-electron chi connectivity index (χ1n) is 9.71. The van der Waals surface area contributed by atoms with E-state index >= 15 is 0 Å². The standard InChI is InChI=1S/C23H29BrN2O3/c1-15(2)25-23(28)18(5)26(13-19-8-10-20(24)11-9-19)22(27)14-29-21-12-16(3)6-7-17(21)4/h6-12,15,18H,13-14H2,1-5H3,(H,25,28)/t18-/m0/s1. The van der Waals surface area contributed by atoms with E-state index in [0.29, 0.717) is 12.3 Å². The monoisotopic (exact) mass is 460 g/mol. The minimum absolute atomic E-state index is 0.000719. The van der Waals surface area contributed by atoms with E-state index in [9.17, 15) is 9.59 Å². The van der Waals surface area contributed by atoms with Gasteiger partial charge >= 0.3 is 0 Å². The first kappa shape index (κ1) is 22.9. The average Bonchev–Trinajstić information content (AvgIpc) is 2.67. The molecule has 0 aliphatic rings. The second-order valence-corrected chi connectivity index (χ2v) is 8.46. The van der Waals surface area contributed by atoms with Crippen LogP contribution in [0, 0.1) is 13.8 Å². The molecule has 0 radical (unpaired) electrons. The number of rotatable bonds is 8. The lowest BCUT2D eigenvalue weighted by Gasteiger charge is -2.29. The number of amides is 2. The third-order valence-corrected chi connectivity index (χ3v) is 5.09. The molecule has 0 bridgehead atoms. The zero-order valence-corrected chi connectivity index (χ0v) is 19.2. The lowest BCUT2D eigenvalue weighted by atomic mass is 10.1. The highest BCUT2D eigenvalue weighted by molar-refractivity contribution is 9.10. The van der Waals surface area contributed by atoms with E-state index < -0.39 is 6.04 Å². The minimum atomic E-state index is -0.615. The smallest absolute Gasteiger partial charge is 0.261 e. The summed E-state index contributed by atoms with van der Waals surface area (Å²) in [5, 5.41) is 2.88. The Kier molecular flexibility index (Phi) is 8.26. The third kappa shape index (κ3) is 6.89. The molecule has 2 aromatic carbocycles. The van der Waals surface area contributed by atoms with Crippen LogP contribution in [0.4, 0.5) is 0 Å². The summed E-state index contributed by atoms with van der Waals surface area (Å²) < 4.78 is 6.76. The summed E-state index contributed by atoms with van der Waals surface area (Å²) in [5.41, 5.74) is 2.97. The SMILES string of the molecule is Cc1ccc(C)c(OCC(=O)N(Cc2ccc(Br)cc2)[C@@H](C)C(=O)NC(C)C)c1. The number of nitrogens with one attached hydrogen (secondary N) is 1. The van der Waals surface area contributed by atoms with Crippen molar-refractivity contribution in [2.24, 2.45) is 0 Å². The molecule has 1 atom stereocenters. The summed E-state index contributed by atoms with van der Waals surface area (Å²) in [6.45, 7) is 9.66. The molecule has 0 saturated carbocycles. The Hall–Kier alpha value is -2.34. The van der Waals surface area contributed by atoms with E-state index in [1.54, 1.807) is 11.8 Å². The molecule has 0 saturated heterocycles. The van der Waals surface area contributed by atoms with Crippen LogP contribution in [0.3, 0.4) is 0 Å². The first-order chi connectivity index (χ1) is 13.7. The second-order valence-electron chi connectivity index (χ2n) is 7.54. The summed E-state index contributed by atoms with van der Waals surface area (Å²) in [6.07, 6.45) is 0. The van der Waals surface area contributed by atoms with E-state index in [4.69, 9.17) is 4.74 Å². The van der Waals surface area contributed by atoms with Gasteiger partial charge < -0.3 is 15.0 Å². The number of aryl methyl sites for hydroxylation is 2. The second kappa shape index (κ2) is 10.4. The maximum absolute atomic E-state index is 13.0. The topological polar surface area (TPSA) is 58.6 Å². The number of halogens is 1. The number of carbonyl (C=O) groups is 2. The van der Waals surface area contributed by atoms with Crippen molar-refractivity contribution in [3.05, 3.63) is 63.6 Å². The zero-order chi connectivity index (χ0) is 21.6. The van der Waals surface area contributed by atoms with Gasteiger partial charge in [-0.2, -0.15) is 0 Å². The average molecular weight is 461 g/mol. The summed E-state index contributed by atoms with van der Waals surface area (Å²) >= 11 is 3.42. The highest BCUT2D eigenvalue weighted by atomic mass is 79.9. The maximum Gasteiger partial charge on any atom is 0.261 e. The van der Waals surface area contributed by atoms with Crippen molar-refractivity contribution in [1.29, 1.82) is 0 Å². The Morgan fingerprint density at radius 3 is 2.34 bits per heavy atom. The number of nitrogens with zero attached hydrogens (tertiary/aromatic N) is 1. The summed E-state index contributed by atoms with van der Waals surface area (Å²) in [7, 11) is 0. The van der Waals surface area contributed by atoms with E-state index in [-0.39, 0.29) is 24.5 Å². The van der Waals surface area contributed by atoms with Crippen LogP contribution in [0.1, 0.15) is 37.5 Å². The molecule has 29 heavy (non-hydrogen) atoms. The largest absolute Gasteiger partial charge is 0.483 e. The predicted molar refractivity (Wildman–Crippen MR) is 119 cm³/mol. The quantitative estimate of drug-likeness (QED) is 0.635. The van der Waals surface area contributed by atoms with Gasteiger partial charge in [0.05, 0.1) is 0 Å². The Balaban J connectivity index is 2.17. The fourth-order valence-corrected chi connectivity index (χ4v) is 3.12. The van der Waals surface area contributed by atoms with Crippen molar-refractivity contribution in [3.8, 4) is 5.75 Å². The van der Waals surface area contributed by atoms with Gasteiger partial charge in [-0.1, -0.05) is 40.2 Å². The van der Waals surface area contributed by atoms with Crippen LogP contribution < -0.4 is 10.1 Å². The van der Waals surface area contributed by atoms with Gasteiger partial charge in [0, 0.05) is 17.1 Å². The maximum atomic E-state index is 13.0. The van der Waals surface area contributed by atoms with Crippen LogP contribution in [0.2, 0.25) is 0 Å². The van der Waals surface area contributed by atoms with Crippen molar-refractivity contribution >= 4 is 27.7 Å². The fourth-order valence-electron chi connectivity index (χ4n) is 2.86. The van der Waals surface area contributed by atoms with Gasteiger partial charge in [-0.05, 0) is 69.5 Å². The van der Waals surface area contributed by atoms with Crippen LogP contribution in [0.5, 0.6) is 5.75 Å². The predicted octanol–water partition coefficient (Wildman–Crippen LogP) is 4.39. The van der Waals surface area contributed by atoms with Crippen molar-refractivity contribution < 1.29 is 14.3 Å². The highest BCUT2D eigenvalue weighted by Gasteiger charge is 2.27. The van der Waals surface area contributed by atoms with Crippen LogP contribution >= 0.6 is 15.9 Å². The summed E-state index contributed by atoms with van der Waals surface area (Å²) in [4.78, 5) is 27.2. The van der Waals surface area contributed by atoms with E-state index in [1.165, 1.54) is 0 Å². The molecular weight excluding hydrogens is 432 g/mol. The fraction of sp³-hybridized carbons (Fsp3) is 0.391. The van der Waals surface area contributed by atoms with Gasteiger partial charge in [0.15, 0.2) is 6.61 Å². The highest BCUT2D eigenvalue weighted by Crippen LogP contribution is 2.20. The molecule has 6 heteroatoms. The summed E-state index contributed by atoms with van der Waals surface area (Å²) in [5.74, 6) is 0.263. The lowest BCUT2D eigenvalue weighted by Crippen LogP contribution is -2.50. The van der Waals surface area contributed by atoms with E-state index in [0.717, 1.165) is 21.2 Å². The van der Waals surface area contributed by atoms with Crippen LogP contribution in [-0.4, -0.2) is 35.4 Å². The molecule has 5 nitrogen and oxygen atoms in total. The Labute approximate surface area is 181 Å². The van der Waals surface area contributed by atoms with E-state index in [2.05, 4.69) is 21.2 Å². The third-order valence-electron chi connectivity index (χ3n) is 4.56. The molecule has 2 aromatic rings. The number of carbonyl (C=O) groups excluding carboxylic acids is 2. The van der Waals surface area contributed by atoms with Crippen molar-refractivity contribution in [1.82, 2.24) is 10.2 Å². The molecular formula is C23H29BrN2O3. The molecule has 0 aliphatic carbocycles. The normalized spacial score (nSPS) is 11.8. The number of ether oxygens (including phenoxy) is 1.